The number of carbonyl (C=O) groups is 2. The zero-order valence-electron chi connectivity index (χ0n) is 10.7. The van der Waals surface area contributed by atoms with E-state index in [4.69, 9.17) is 12.2 Å². The summed E-state index contributed by atoms with van der Waals surface area (Å²) in [6.07, 6.45) is 3.01. The lowest BCUT2D eigenvalue weighted by atomic mass is 10.3. The maximum absolute atomic E-state index is 11.2. The Hall–Kier alpha value is -2.21. The molecule has 5 nitrogen and oxygen atoms in total. The Morgan fingerprint density at radius 2 is 1.63 bits per heavy atom. The van der Waals surface area contributed by atoms with Gasteiger partial charge in [-0.1, -0.05) is 6.08 Å². The van der Waals surface area contributed by atoms with Crippen molar-refractivity contribution in [3.63, 3.8) is 0 Å². The molecule has 100 valence electrons. The number of amides is 2. The molecule has 0 aliphatic carbocycles. The third-order valence-corrected chi connectivity index (χ3v) is 2.22. The summed E-state index contributed by atoms with van der Waals surface area (Å²) in [5.74, 6) is -0.412. The zero-order chi connectivity index (χ0) is 14.3. The minimum Gasteiger partial charge on any atom is -0.332 e. The van der Waals surface area contributed by atoms with Crippen molar-refractivity contribution >= 4 is 40.5 Å². The molecule has 0 radical (unpaired) electrons. The molecule has 6 heteroatoms. The molecule has 0 aliphatic heterocycles. The van der Waals surface area contributed by atoms with E-state index < -0.39 is 0 Å². The van der Waals surface area contributed by atoms with E-state index in [-0.39, 0.29) is 16.9 Å². The lowest BCUT2D eigenvalue weighted by molar-refractivity contribution is -0.115. The van der Waals surface area contributed by atoms with Gasteiger partial charge in [0.25, 0.3) is 0 Å². The number of benzene rings is 1. The number of allylic oxidation sites excluding steroid dienone is 1. The van der Waals surface area contributed by atoms with Crippen molar-refractivity contribution in [2.24, 2.45) is 0 Å². The van der Waals surface area contributed by atoms with E-state index in [1.807, 2.05) is 0 Å². The van der Waals surface area contributed by atoms with Crippen LogP contribution in [0.15, 0.2) is 36.4 Å². The van der Waals surface area contributed by atoms with Crippen LogP contribution in [0.4, 0.5) is 11.4 Å². The first kappa shape index (κ1) is 14.8. The molecule has 0 bridgehead atoms. The van der Waals surface area contributed by atoms with Crippen LogP contribution >= 0.6 is 12.2 Å². The molecular formula is C13H15N3O2S. The van der Waals surface area contributed by atoms with Crippen LogP contribution < -0.4 is 16.0 Å². The molecule has 19 heavy (non-hydrogen) atoms. The van der Waals surface area contributed by atoms with E-state index >= 15 is 0 Å². The lowest BCUT2D eigenvalue weighted by Gasteiger charge is -2.09. The van der Waals surface area contributed by atoms with Crippen molar-refractivity contribution in [3.8, 4) is 0 Å². The van der Waals surface area contributed by atoms with E-state index in [0.29, 0.717) is 5.69 Å². The summed E-state index contributed by atoms with van der Waals surface area (Å²) in [6.45, 7) is 3.19. The summed E-state index contributed by atoms with van der Waals surface area (Å²) in [4.78, 5) is 22.1. The van der Waals surface area contributed by atoms with Crippen molar-refractivity contribution in [1.82, 2.24) is 5.32 Å². The van der Waals surface area contributed by atoms with Crippen molar-refractivity contribution < 1.29 is 9.59 Å². The molecule has 0 saturated heterocycles. The molecule has 2 amide bonds. The highest BCUT2D eigenvalue weighted by molar-refractivity contribution is 7.80. The van der Waals surface area contributed by atoms with Crippen LogP contribution in [-0.4, -0.2) is 16.9 Å². The largest absolute Gasteiger partial charge is 0.332 e. The first-order valence-corrected chi connectivity index (χ1v) is 6.04. The standard InChI is InChI=1S/C13H15N3O2S/c1-3-4-12(18)16-13(19)15-11-7-5-10(6-8-11)14-9(2)17/h3-8H,1-2H3,(H,14,17)(H2,15,16,18,19). The van der Waals surface area contributed by atoms with E-state index in [1.54, 1.807) is 37.3 Å². The van der Waals surface area contributed by atoms with E-state index in [2.05, 4.69) is 16.0 Å². The van der Waals surface area contributed by atoms with Crippen LogP contribution in [0.3, 0.4) is 0 Å². The fourth-order valence-electron chi connectivity index (χ4n) is 1.31. The monoisotopic (exact) mass is 277 g/mol. The third-order valence-electron chi connectivity index (χ3n) is 2.02. The SMILES string of the molecule is CC=CC(=O)NC(=S)Nc1ccc(NC(C)=O)cc1. The predicted molar refractivity (Wildman–Crippen MR) is 79.9 cm³/mol. The predicted octanol–water partition coefficient (Wildman–Crippen LogP) is 2.03. The average molecular weight is 277 g/mol. The summed E-state index contributed by atoms with van der Waals surface area (Å²) in [5, 5.41) is 8.24. The van der Waals surface area contributed by atoms with Crippen LogP contribution in [0.2, 0.25) is 0 Å². The van der Waals surface area contributed by atoms with Gasteiger partial charge in [-0.3, -0.25) is 14.9 Å². The Morgan fingerprint density at radius 3 is 2.11 bits per heavy atom. The number of thiocarbonyl (C=S) groups is 1. The molecule has 0 heterocycles. The molecule has 3 N–H and O–H groups in total. The van der Waals surface area contributed by atoms with Gasteiger partial charge in [0.2, 0.25) is 11.8 Å². The van der Waals surface area contributed by atoms with E-state index in [9.17, 15) is 9.59 Å². The molecule has 0 spiro atoms. The van der Waals surface area contributed by atoms with Gasteiger partial charge < -0.3 is 10.6 Å². The van der Waals surface area contributed by atoms with Gasteiger partial charge in [0.15, 0.2) is 5.11 Å². The van der Waals surface area contributed by atoms with Crippen LogP contribution in [0.1, 0.15) is 13.8 Å². The van der Waals surface area contributed by atoms with E-state index in [0.717, 1.165) is 5.69 Å². The van der Waals surface area contributed by atoms with Gasteiger partial charge in [0.1, 0.15) is 0 Å². The maximum Gasteiger partial charge on any atom is 0.249 e. The zero-order valence-corrected chi connectivity index (χ0v) is 11.5. The van der Waals surface area contributed by atoms with Crippen LogP contribution in [0, 0.1) is 0 Å². The summed E-state index contributed by atoms with van der Waals surface area (Å²) in [7, 11) is 0. The second-order valence-electron chi connectivity index (χ2n) is 3.70. The minimum atomic E-state index is -0.283. The Kier molecular flexibility index (Phi) is 5.69. The molecule has 0 fully saturated rings. The van der Waals surface area contributed by atoms with Crippen molar-refractivity contribution in [3.05, 3.63) is 36.4 Å². The highest BCUT2D eigenvalue weighted by Gasteiger charge is 2.01. The average Bonchev–Trinajstić information content (AvgIpc) is 2.31. The number of hydrogen-bond donors (Lipinski definition) is 3. The van der Waals surface area contributed by atoms with Gasteiger partial charge in [-0.15, -0.1) is 0 Å². The molecule has 1 aromatic carbocycles. The first-order valence-electron chi connectivity index (χ1n) is 5.63. The van der Waals surface area contributed by atoms with Crippen molar-refractivity contribution in [2.45, 2.75) is 13.8 Å². The molecule has 1 rings (SSSR count). The number of anilines is 2. The van der Waals surface area contributed by atoms with Gasteiger partial charge in [-0.25, -0.2) is 0 Å². The molecular weight excluding hydrogens is 262 g/mol. The molecule has 1 aromatic rings. The molecule has 0 aromatic heterocycles. The van der Waals surface area contributed by atoms with Gasteiger partial charge in [-0.2, -0.15) is 0 Å². The fourth-order valence-corrected chi connectivity index (χ4v) is 1.53. The number of hydrogen-bond acceptors (Lipinski definition) is 3. The van der Waals surface area contributed by atoms with Gasteiger partial charge in [0.05, 0.1) is 0 Å². The van der Waals surface area contributed by atoms with Crippen LogP contribution in [0.5, 0.6) is 0 Å². The fraction of sp³-hybridized carbons (Fsp3) is 0.154. The first-order chi connectivity index (χ1) is 9.01. The number of rotatable bonds is 3. The molecule has 0 saturated carbocycles. The van der Waals surface area contributed by atoms with Crippen molar-refractivity contribution in [1.29, 1.82) is 0 Å². The van der Waals surface area contributed by atoms with Crippen LogP contribution in [0.25, 0.3) is 0 Å². The Labute approximate surface area is 117 Å². The quantitative estimate of drug-likeness (QED) is 0.584. The topological polar surface area (TPSA) is 70.2 Å². The minimum absolute atomic E-state index is 0.130. The smallest absolute Gasteiger partial charge is 0.249 e. The normalized spacial score (nSPS) is 10.0. The van der Waals surface area contributed by atoms with Gasteiger partial charge >= 0.3 is 0 Å². The number of nitrogens with one attached hydrogen (secondary N) is 3. The third kappa shape index (κ3) is 5.78. The highest BCUT2D eigenvalue weighted by atomic mass is 32.1. The Morgan fingerprint density at radius 1 is 1.11 bits per heavy atom. The van der Waals surface area contributed by atoms with E-state index in [1.165, 1.54) is 13.0 Å². The van der Waals surface area contributed by atoms with Gasteiger partial charge in [0, 0.05) is 18.3 Å². The molecule has 0 aliphatic rings. The molecule has 0 atom stereocenters. The second kappa shape index (κ2) is 7.27. The lowest BCUT2D eigenvalue weighted by Crippen LogP contribution is -2.32. The summed E-state index contributed by atoms with van der Waals surface area (Å²) < 4.78 is 0. The molecule has 0 unspecified atom stereocenters. The summed E-state index contributed by atoms with van der Waals surface area (Å²) in [5.41, 5.74) is 1.42. The van der Waals surface area contributed by atoms with Crippen molar-refractivity contribution in [2.75, 3.05) is 10.6 Å². The Bertz CT molecular complexity index is 509. The van der Waals surface area contributed by atoms with Crippen LogP contribution in [-0.2, 0) is 9.59 Å². The number of carbonyl (C=O) groups excluding carboxylic acids is 2. The van der Waals surface area contributed by atoms with Gasteiger partial charge in [-0.05, 0) is 49.5 Å². The summed E-state index contributed by atoms with van der Waals surface area (Å²) >= 11 is 4.98. The highest BCUT2D eigenvalue weighted by Crippen LogP contribution is 2.13. The second-order valence-corrected chi connectivity index (χ2v) is 4.11. The summed E-state index contributed by atoms with van der Waals surface area (Å²) in [6, 6.07) is 6.97. The Balaban J connectivity index is 2.55. The maximum atomic E-state index is 11.2.